The standard InChI is InChI=1S/C21H23ClO9/c1-28-14-8-12(7-13(22)19(14)29-9-11-5-3-2-4-6-11)20(26)30-10-15-16(23)17(24)18(25)21(27)31-15/h2-8,15-18,21,23-25,27H,9-10H2,1H3/t15-,16+,17+,18-,21?/m1/s1. The zero-order chi connectivity index (χ0) is 22.5. The second-order valence-corrected chi connectivity index (χ2v) is 7.31. The van der Waals surface area contributed by atoms with Gasteiger partial charge in [-0.15, -0.1) is 0 Å². The molecule has 0 aliphatic carbocycles. The Morgan fingerprint density at radius 1 is 1.06 bits per heavy atom. The number of hydrogen-bond donors (Lipinski definition) is 4. The first kappa shape index (κ1) is 23.3. The smallest absolute Gasteiger partial charge is 0.338 e. The first-order valence-electron chi connectivity index (χ1n) is 9.41. The van der Waals surface area contributed by atoms with Crippen LogP contribution in [0.5, 0.6) is 11.5 Å². The molecule has 1 unspecified atom stereocenters. The maximum absolute atomic E-state index is 12.4. The highest BCUT2D eigenvalue weighted by molar-refractivity contribution is 6.32. The molecule has 0 spiro atoms. The quantitative estimate of drug-likeness (QED) is 0.449. The molecule has 2 aromatic carbocycles. The molecule has 2 aromatic rings. The number of rotatable bonds is 7. The van der Waals surface area contributed by atoms with E-state index in [1.54, 1.807) is 0 Å². The molecule has 3 rings (SSSR count). The molecular formula is C21H23ClO9. The highest BCUT2D eigenvalue weighted by atomic mass is 35.5. The third-order valence-corrected chi connectivity index (χ3v) is 5.04. The lowest BCUT2D eigenvalue weighted by Crippen LogP contribution is -2.58. The van der Waals surface area contributed by atoms with Gasteiger partial charge in [0.25, 0.3) is 0 Å². The van der Waals surface area contributed by atoms with Gasteiger partial charge in [0.1, 0.15) is 37.6 Å². The fourth-order valence-electron chi connectivity index (χ4n) is 3.02. The molecule has 9 nitrogen and oxygen atoms in total. The Morgan fingerprint density at radius 2 is 1.77 bits per heavy atom. The molecule has 0 radical (unpaired) electrons. The lowest BCUT2D eigenvalue weighted by atomic mass is 9.99. The Labute approximate surface area is 183 Å². The van der Waals surface area contributed by atoms with Gasteiger partial charge in [-0.25, -0.2) is 4.79 Å². The van der Waals surface area contributed by atoms with Crippen molar-refractivity contribution in [1.29, 1.82) is 0 Å². The van der Waals surface area contributed by atoms with Crippen LogP contribution in [0.1, 0.15) is 15.9 Å². The zero-order valence-corrected chi connectivity index (χ0v) is 17.3. The summed E-state index contributed by atoms with van der Waals surface area (Å²) in [6.45, 7) is -0.235. The summed E-state index contributed by atoms with van der Waals surface area (Å²) in [5.41, 5.74) is 0.977. The molecule has 31 heavy (non-hydrogen) atoms. The topological polar surface area (TPSA) is 135 Å². The normalized spacial score (nSPS) is 25.7. The van der Waals surface area contributed by atoms with E-state index in [9.17, 15) is 25.2 Å². The summed E-state index contributed by atoms with van der Waals surface area (Å²) in [4.78, 5) is 12.4. The van der Waals surface area contributed by atoms with Crippen LogP contribution < -0.4 is 9.47 Å². The number of esters is 1. The minimum atomic E-state index is -1.72. The first-order valence-corrected chi connectivity index (χ1v) is 9.78. The number of benzene rings is 2. The maximum Gasteiger partial charge on any atom is 0.338 e. The van der Waals surface area contributed by atoms with Gasteiger partial charge in [-0.2, -0.15) is 0 Å². The van der Waals surface area contributed by atoms with E-state index in [1.165, 1.54) is 19.2 Å². The maximum atomic E-state index is 12.4. The van der Waals surface area contributed by atoms with Crippen LogP contribution in [0.4, 0.5) is 0 Å². The average Bonchev–Trinajstić information content (AvgIpc) is 2.78. The van der Waals surface area contributed by atoms with Gasteiger partial charge in [-0.05, 0) is 17.7 Å². The number of ether oxygens (including phenoxy) is 4. The van der Waals surface area contributed by atoms with E-state index in [2.05, 4.69) is 0 Å². The SMILES string of the molecule is COc1cc(C(=O)OC[C@H]2OC(O)[C@H](O)[C@@H](O)[C@H]2O)cc(Cl)c1OCc1ccccc1. The van der Waals surface area contributed by atoms with Crippen LogP contribution in [0.15, 0.2) is 42.5 Å². The van der Waals surface area contributed by atoms with E-state index < -0.39 is 43.3 Å². The van der Waals surface area contributed by atoms with Gasteiger partial charge in [-0.3, -0.25) is 0 Å². The van der Waals surface area contributed by atoms with Gasteiger partial charge in [-0.1, -0.05) is 41.9 Å². The summed E-state index contributed by atoms with van der Waals surface area (Å²) in [6, 6.07) is 12.2. The lowest BCUT2D eigenvalue weighted by Gasteiger charge is -2.37. The number of carbonyl (C=O) groups is 1. The lowest BCUT2D eigenvalue weighted by molar-refractivity contribution is -0.286. The molecule has 1 aliphatic heterocycles. The molecule has 1 aliphatic rings. The fourth-order valence-corrected chi connectivity index (χ4v) is 3.28. The van der Waals surface area contributed by atoms with Crippen molar-refractivity contribution in [2.45, 2.75) is 37.3 Å². The highest BCUT2D eigenvalue weighted by Crippen LogP contribution is 2.37. The number of aliphatic hydroxyl groups excluding tert-OH is 4. The van der Waals surface area contributed by atoms with Crippen molar-refractivity contribution in [3.63, 3.8) is 0 Å². The van der Waals surface area contributed by atoms with Crippen molar-refractivity contribution >= 4 is 17.6 Å². The van der Waals surface area contributed by atoms with Gasteiger partial charge in [0.2, 0.25) is 0 Å². The van der Waals surface area contributed by atoms with Crippen molar-refractivity contribution in [2.75, 3.05) is 13.7 Å². The van der Waals surface area contributed by atoms with E-state index in [4.69, 9.17) is 30.5 Å². The zero-order valence-electron chi connectivity index (χ0n) is 16.6. The second kappa shape index (κ2) is 10.3. The van der Waals surface area contributed by atoms with Crippen molar-refractivity contribution in [1.82, 2.24) is 0 Å². The fraction of sp³-hybridized carbons (Fsp3) is 0.381. The predicted octanol–water partition coefficient (Wildman–Crippen LogP) is 0.884. The molecule has 1 fully saturated rings. The summed E-state index contributed by atoms with van der Waals surface area (Å²) < 4.78 is 21.1. The summed E-state index contributed by atoms with van der Waals surface area (Å²) >= 11 is 6.28. The molecule has 0 amide bonds. The minimum absolute atomic E-state index is 0.0559. The van der Waals surface area contributed by atoms with Gasteiger partial charge >= 0.3 is 5.97 Å². The molecule has 0 bridgehead atoms. The van der Waals surface area contributed by atoms with Crippen LogP contribution in [0.25, 0.3) is 0 Å². The summed E-state index contributed by atoms with van der Waals surface area (Å²) in [7, 11) is 1.40. The van der Waals surface area contributed by atoms with Gasteiger partial charge < -0.3 is 39.4 Å². The van der Waals surface area contributed by atoms with Crippen molar-refractivity contribution in [3.05, 3.63) is 58.6 Å². The monoisotopic (exact) mass is 454 g/mol. The second-order valence-electron chi connectivity index (χ2n) is 6.90. The molecule has 0 saturated carbocycles. The summed E-state index contributed by atoms with van der Waals surface area (Å²) in [5.74, 6) is -0.324. The van der Waals surface area contributed by atoms with Crippen molar-refractivity contribution < 1.29 is 44.2 Å². The molecule has 1 saturated heterocycles. The Kier molecular flexibility index (Phi) is 7.71. The number of hydrogen-bond acceptors (Lipinski definition) is 9. The number of carbonyl (C=O) groups excluding carboxylic acids is 1. The molecule has 0 aromatic heterocycles. The van der Waals surface area contributed by atoms with E-state index in [-0.39, 0.29) is 28.7 Å². The van der Waals surface area contributed by atoms with E-state index in [1.807, 2.05) is 30.3 Å². The van der Waals surface area contributed by atoms with Crippen LogP contribution in [0, 0.1) is 0 Å². The van der Waals surface area contributed by atoms with Crippen LogP contribution in [0.2, 0.25) is 5.02 Å². The molecule has 168 valence electrons. The largest absolute Gasteiger partial charge is 0.493 e. The van der Waals surface area contributed by atoms with Gasteiger partial charge in [0, 0.05) is 0 Å². The molecule has 4 N–H and O–H groups in total. The van der Waals surface area contributed by atoms with Crippen LogP contribution in [0.3, 0.4) is 0 Å². The Balaban J connectivity index is 1.66. The van der Waals surface area contributed by atoms with Crippen LogP contribution in [-0.2, 0) is 16.1 Å². The third kappa shape index (κ3) is 5.45. The molecule has 1 heterocycles. The third-order valence-electron chi connectivity index (χ3n) is 4.76. The summed E-state index contributed by atoms with van der Waals surface area (Å²) in [5, 5.41) is 38.8. The Morgan fingerprint density at radius 3 is 2.45 bits per heavy atom. The Bertz CT molecular complexity index is 892. The number of methoxy groups -OCH3 is 1. The first-order chi connectivity index (χ1) is 14.8. The molecule has 5 atom stereocenters. The van der Waals surface area contributed by atoms with E-state index in [0.717, 1.165) is 5.56 Å². The minimum Gasteiger partial charge on any atom is -0.493 e. The predicted molar refractivity (Wildman–Crippen MR) is 108 cm³/mol. The molecular weight excluding hydrogens is 432 g/mol. The van der Waals surface area contributed by atoms with Crippen LogP contribution in [-0.4, -0.2) is 70.8 Å². The number of halogens is 1. The Hall–Kier alpha value is -2.40. The van der Waals surface area contributed by atoms with E-state index in [0.29, 0.717) is 0 Å². The number of aliphatic hydroxyl groups is 4. The van der Waals surface area contributed by atoms with Crippen LogP contribution >= 0.6 is 11.6 Å². The van der Waals surface area contributed by atoms with Gasteiger partial charge in [0.05, 0.1) is 17.7 Å². The van der Waals surface area contributed by atoms with Crippen molar-refractivity contribution in [2.24, 2.45) is 0 Å². The molecule has 10 heteroatoms. The van der Waals surface area contributed by atoms with Gasteiger partial charge in [0.15, 0.2) is 17.8 Å². The average molecular weight is 455 g/mol. The highest BCUT2D eigenvalue weighted by Gasteiger charge is 2.43. The van der Waals surface area contributed by atoms with Crippen molar-refractivity contribution in [3.8, 4) is 11.5 Å². The summed E-state index contributed by atoms with van der Waals surface area (Å²) in [6.07, 6.45) is -7.84. The van der Waals surface area contributed by atoms with E-state index >= 15 is 0 Å².